The standard InChI is InChI=1S/C26H24ClN5O2S/c1-33-14-15-34-23-10-9-18(16-20(23)27)32-25(24(30-26(32)35)21-7-2-3-12-29-21)22-8-5-13-31(22)19-6-4-11-28-17-19/h2-13,16-17,24-25H,14-15H2,1H3,(H,30,35)/t24-,25+/m0/s1. The van der Waals surface area contributed by atoms with E-state index < -0.39 is 0 Å². The van der Waals surface area contributed by atoms with Crippen LogP contribution in [-0.2, 0) is 4.74 Å². The molecule has 0 aliphatic carbocycles. The molecule has 0 amide bonds. The van der Waals surface area contributed by atoms with Crippen LogP contribution in [0.4, 0.5) is 5.69 Å². The average Bonchev–Trinajstić information content (AvgIpc) is 3.50. The molecule has 1 aliphatic heterocycles. The first kappa shape index (κ1) is 23.3. The average molecular weight is 506 g/mol. The van der Waals surface area contributed by atoms with E-state index in [9.17, 15) is 0 Å². The topological polar surface area (TPSA) is 64.4 Å². The number of thiocarbonyl (C=S) groups is 1. The van der Waals surface area contributed by atoms with Crippen LogP contribution in [0.25, 0.3) is 5.69 Å². The highest BCUT2D eigenvalue weighted by Crippen LogP contribution is 2.43. The van der Waals surface area contributed by atoms with Crippen LogP contribution in [0.5, 0.6) is 5.75 Å². The summed E-state index contributed by atoms with van der Waals surface area (Å²) in [5, 5.41) is 4.58. The molecule has 1 saturated heterocycles. The first-order valence-electron chi connectivity index (χ1n) is 11.2. The molecule has 0 saturated carbocycles. The van der Waals surface area contributed by atoms with Gasteiger partial charge in [-0.05, 0) is 66.8 Å². The van der Waals surface area contributed by atoms with E-state index in [-0.39, 0.29) is 12.1 Å². The molecule has 0 radical (unpaired) electrons. The summed E-state index contributed by atoms with van der Waals surface area (Å²) in [6, 6.07) is 19.3. The smallest absolute Gasteiger partial charge is 0.174 e. The molecule has 1 fully saturated rings. The Balaban J connectivity index is 1.58. The second kappa shape index (κ2) is 10.4. The highest BCUT2D eigenvalue weighted by atomic mass is 35.5. The van der Waals surface area contributed by atoms with Crippen molar-refractivity contribution < 1.29 is 9.47 Å². The van der Waals surface area contributed by atoms with Crippen LogP contribution in [-0.4, -0.2) is 40.0 Å². The normalized spacial score (nSPS) is 17.4. The van der Waals surface area contributed by atoms with Crippen molar-refractivity contribution in [2.75, 3.05) is 25.2 Å². The Kier molecular flexibility index (Phi) is 6.94. The zero-order valence-corrected chi connectivity index (χ0v) is 20.6. The number of aromatic nitrogens is 3. The van der Waals surface area contributed by atoms with E-state index in [1.165, 1.54) is 0 Å². The van der Waals surface area contributed by atoms with Crippen molar-refractivity contribution >= 4 is 34.6 Å². The maximum atomic E-state index is 6.61. The summed E-state index contributed by atoms with van der Waals surface area (Å²) in [4.78, 5) is 11.0. The Hall–Kier alpha value is -3.46. The predicted octanol–water partition coefficient (Wildman–Crippen LogP) is 5.12. The summed E-state index contributed by atoms with van der Waals surface area (Å²) < 4.78 is 12.9. The molecule has 1 aromatic carbocycles. The van der Waals surface area contributed by atoms with Gasteiger partial charge in [-0.2, -0.15) is 0 Å². The van der Waals surface area contributed by atoms with Crippen molar-refractivity contribution in [1.29, 1.82) is 0 Å². The van der Waals surface area contributed by atoms with Gasteiger partial charge < -0.3 is 24.3 Å². The van der Waals surface area contributed by atoms with Crippen molar-refractivity contribution in [1.82, 2.24) is 19.9 Å². The number of nitrogens with one attached hydrogen (secondary N) is 1. The molecule has 35 heavy (non-hydrogen) atoms. The molecule has 3 aromatic heterocycles. The van der Waals surface area contributed by atoms with Crippen LogP contribution in [0.1, 0.15) is 23.5 Å². The number of nitrogens with zero attached hydrogens (tertiary/aromatic N) is 4. The summed E-state index contributed by atoms with van der Waals surface area (Å²) >= 11 is 12.5. The van der Waals surface area contributed by atoms with Crippen molar-refractivity contribution in [2.24, 2.45) is 0 Å². The van der Waals surface area contributed by atoms with E-state index >= 15 is 0 Å². The zero-order valence-electron chi connectivity index (χ0n) is 19.0. The lowest BCUT2D eigenvalue weighted by atomic mass is 10.0. The maximum Gasteiger partial charge on any atom is 0.174 e. The number of methoxy groups -OCH3 is 1. The fourth-order valence-electron chi connectivity index (χ4n) is 4.29. The van der Waals surface area contributed by atoms with E-state index in [1.807, 2.05) is 67.0 Å². The van der Waals surface area contributed by atoms with Crippen molar-refractivity contribution in [3.05, 3.63) is 102 Å². The first-order valence-corrected chi connectivity index (χ1v) is 12.0. The monoisotopic (exact) mass is 505 g/mol. The molecule has 1 N–H and O–H groups in total. The summed E-state index contributed by atoms with van der Waals surface area (Å²) in [5.41, 5.74) is 3.75. The van der Waals surface area contributed by atoms with Crippen LogP contribution >= 0.6 is 23.8 Å². The number of rotatable bonds is 8. The van der Waals surface area contributed by atoms with Gasteiger partial charge in [-0.15, -0.1) is 0 Å². The SMILES string of the molecule is COCCOc1ccc(N2C(=S)N[C@@H](c3ccccn3)[C@H]2c2cccn2-c2cccnc2)cc1Cl. The van der Waals surface area contributed by atoms with E-state index in [0.29, 0.717) is 29.1 Å². The minimum atomic E-state index is -0.191. The molecule has 0 unspecified atom stereocenters. The van der Waals surface area contributed by atoms with E-state index in [1.54, 1.807) is 19.5 Å². The number of hydrogen-bond donors (Lipinski definition) is 1. The maximum absolute atomic E-state index is 6.61. The Labute approximate surface area is 214 Å². The molecule has 0 bridgehead atoms. The van der Waals surface area contributed by atoms with Gasteiger partial charge in [0.25, 0.3) is 0 Å². The minimum Gasteiger partial charge on any atom is -0.490 e. The largest absolute Gasteiger partial charge is 0.490 e. The molecule has 4 heterocycles. The Morgan fingerprint density at radius 3 is 2.69 bits per heavy atom. The lowest BCUT2D eigenvalue weighted by Gasteiger charge is -2.29. The van der Waals surface area contributed by atoms with Gasteiger partial charge in [0, 0.05) is 37.1 Å². The van der Waals surface area contributed by atoms with Crippen LogP contribution in [0.2, 0.25) is 5.02 Å². The molecule has 4 aromatic rings. The fraction of sp³-hybridized carbons (Fsp3) is 0.192. The van der Waals surface area contributed by atoms with Crippen LogP contribution in [0.15, 0.2) is 85.5 Å². The predicted molar refractivity (Wildman–Crippen MR) is 140 cm³/mol. The van der Waals surface area contributed by atoms with E-state index in [4.69, 9.17) is 33.3 Å². The second-order valence-corrected chi connectivity index (χ2v) is 8.76. The highest BCUT2D eigenvalue weighted by molar-refractivity contribution is 7.80. The molecule has 7 nitrogen and oxygen atoms in total. The Bertz CT molecular complexity index is 1300. The van der Waals surface area contributed by atoms with E-state index in [2.05, 4.69) is 30.8 Å². The summed E-state index contributed by atoms with van der Waals surface area (Å²) in [6.07, 6.45) is 7.43. The van der Waals surface area contributed by atoms with Gasteiger partial charge in [-0.1, -0.05) is 17.7 Å². The number of halogens is 1. The summed E-state index contributed by atoms with van der Waals surface area (Å²) in [6.45, 7) is 0.902. The quantitative estimate of drug-likeness (QED) is 0.263. The molecular formula is C26H24ClN5O2S. The lowest BCUT2D eigenvalue weighted by molar-refractivity contribution is 0.146. The minimum absolute atomic E-state index is 0.176. The van der Waals surface area contributed by atoms with E-state index in [0.717, 1.165) is 22.8 Å². The molecule has 1 aliphatic rings. The number of hydrogen-bond acceptors (Lipinski definition) is 5. The number of benzene rings is 1. The molecule has 0 spiro atoms. The van der Waals surface area contributed by atoms with Gasteiger partial charge in [0.05, 0.1) is 35.2 Å². The first-order chi connectivity index (χ1) is 17.2. The number of pyridine rings is 2. The second-order valence-electron chi connectivity index (χ2n) is 7.97. The molecular weight excluding hydrogens is 482 g/mol. The Morgan fingerprint density at radius 2 is 1.94 bits per heavy atom. The zero-order chi connectivity index (χ0) is 24.2. The molecule has 5 rings (SSSR count). The van der Waals surface area contributed by atoms with Gasteiger partial charge in [0.2, 0.25) is 0 Å². The van der Waals surface area contributed by atoms with Gasteiger partial charge in [-0.3, -0.25) is 9.97 Å². The molecule has 178 valence electrons. The Morgan fingerprint density at radius 1 is 1.03 bits per heavy atom. The van der Waals surface area contributed by atoms with Gasteiger partial charge >= 0.3 is 0 Å². The van der Waals surface area contributed by atoms with Crippen LogP contribution in [0.3, 0.4) is 0 Å². The number of ether oxygens (including phenoxy) is 2. The lowest BCUT2D eigenvalue weighted by Crippen LogP contribution is -2.30. The third kappa shape index (κ3) is 4.73. The molecule has 2 atom stereocenters. The third-order valence-electron chi connectivity index (χ3n) is 5.84. The summed E-state index contributed by atoms with van der Waals surface area (Å²) in [5.74, 6) is 0.599. The number of anilines is 1. The molecule has 9 heteroatoms. The summed E-state index contributed by atoms with van der Waals surface area (Å²) in [7, 11) is 1.63. The van der Waals surface area contributed by atoms with Crippen molar-refractivity contribution in [3.63, 3.8) is 0 Å². The van der Waals surface area contributed by atoms with Crippen molar-refractivity contribution in [3.8, 4) is 11.4 Å². The van der Waals surface area contributed by atoms with Crippen LogP contribution < -0.4 is 15.0 Å². The van der Waals surface area contributed by atoms with Crippen molar-refractivity contribution in [2.45, 2.75) is 12.1 Å². The van der Waals surface area contributed by atoms with Gasteiger partial charge in [0.1, 0.15) is 18.4 Å². The van der Waals surface area contributed by atoms with Gasteiger partial charge in [0.15, 0.2) is 5.11 Å². The van der Waals surface area contributed by atoms with Crippen LogP contribution in [0, 0.1) is 0 Å². The third-order valence-corrected chi connectivity index (χ3v) is 6.45. The highest BCUT2D eigenvalue weighted by Gasteiger charge is 2.42. The fourth-order valence-corrected chi connectivity index (χ4v) is 4.87. The van der Waals surface area contributed by atoms with Gasteiger partial charge in [-0.25, -0.2) is 0 Å².